The number of benzene rings is 2. The molecule has 1 atom stereocenters. The first-order valence-electron chi connectivity index (χ1n) is 6.80. The van der Waals surface area contributed by atoms with Gasteiger partial charge in [-0.1, -0.05) is 35.3 Å². The zero-order valence-electron chi connectivity index (χ0n) is 11.7. The van der Waals surface area contributed by atoms with Crippen LogP contribution in [0.3, 0.4) is 0 Å². The summed E-state index contributed by atoms with van der Waals surface area (Å²) in [5.41, 5.74) is 0.516. The van der Waals surface area contributed by atoms with Gasteiger partial charge in [0.15, 0.2) is 0 Å². The van der Waals surface area contributed by atoms with Gasteiger partial charge in [0.1, 0.15) is 11.9 Å². The lowest BCUT2D eigenvalue weighted by Crippen LogP contribution is -2.35. The summed E-state index contributed by atoms with van der Waals surface area (Å²) >= 11 is 11.8. The van der Waals surface area contributed by atoms with E-state index in [0.717, 1.165) is 4.90 Å². The van der Waals surface area contributed by atoms with E-state index in [0.29, 0.717) is 10.7 Å². The van der Waals surface area contributed by atoms with Crippen molar-refractivity contribution < 1.29 is 14.0 Å². The highest BCUT2D eigenvalue weighted by Crippen LogP contribution is 2.31. The molecule has 0 saturated carbocycles. The van der Waals surface area contributed by atoms with Crippen molar-refractivity contribution >= 4 is 46.4 Å². The fourth-order valence-corrected chi connectivity index (χ4v) is 2.70. The third-order valence-corrected chi connectivity index (χ3v) is 4.25. The number of carbonyl (C=O) groups is 2. The van der Waals surface area contributed by atoms with E-state index in [1.165, 1.54) is 30.3 Å². The largest absolute Gasteiger partial charge is 0.371 e. The van der Waals surface area contributed by atoms with Crippen LogP contribution in [0.4, 0.5) is 15.8 Å². The summed E-state index contributed by atoms with van der Waals surface area (Å²) < 4.78 is 13.7. The third kappa shape index (κ3) is 3.02. The van der Waals surface area contributed by atoms with Crippen LogP contribution in [-0.4, -0.2) is 17.9 Å². The standard InChI is InChI=1S/C16H11Cl2FN2O2/c17-10-6-5-9(7-11(10)18)21-15(22)8-14(16(21)23)20-13-4-2-1-3-12(13)19/h1-7,14,20H,8H2. The normalized spacial score (nSPS) is 17.7. The summed E-state index contributed by atoms with van der Waals surface area (Å²) in [5.74, 6) is -1.33. The molecule has 1 fully saturated rings. The summed E-state index contributed by atoms with van der Waals surface area (Å²) in [5, 5.41) is 3.34. The Bertz CT molecular complexity index is 797. The van der Waals surface area contributed by atoms with Gasteiger partial charge in [0.2, 0.25) is 5.91 Å². The lowest BCUT2D eigenvalue weighted by Gasteiger charge is -2.16. The third-order valence-electron chi connectivity index (χ3n) is 3.51. The fourth-order valence-electron chi connectivity index (χ4n) is 2.41. The molecule has 1 N–H and O–H groups in total. The van der Waals surface area contributed by atoms with Crippen molar-refractivity contribution in [1.82, 2.24) is 0 Å². The van der Waals surface area contributed by atoms with Crippen molar-refractivity contribution in [3.8, 4) is 0 Å². The Morgan fingerprint density at radius 1 is 1.09 bits per heavy atom. The number of hydrogen-bond acceptors (Lipinski definition) is 3. The van der Waals surface area contributed by atoms with Gasteiger partial charge in [-0.05, 0) is 30.3 Å². The number of amides is 2. The average molecular weight is 353 g/mol. The summed E-state index contributed by atoms with van der Waals surface area (Å²) in [6.45, 7) is 0. The van der Waals surface area contributed by atoms with E-state index in [-0.39, 0.29) is 23.0 Å². The van der Waals surface area contributed by atoms with Crippen LogP contribution in [0.25, 0.3) is 0 Å². The van der Waals surface area contributed by atoms with Crippen LogP contribution in [0.2, 0.25) is 10.0 Å². The molecule has 1 aliphatic rings. The molecule has 0 spiro atoms. The van der Waals surface area contributed by atoms with Crippen LogP contribution in [-0.2, 0) is 9.59 Å². The zero-order chi connectivity index (χ0) is 16.6. The molecule has 0 bridgehead atoms. The van der Waals surface area contributed by atoms with Gasteiger partial charge >= 0.3 is 0 Å². The second-order valence-electron chi connectivity index (χ2n) is 5.05. The molecule has 2 aromatic rings. The van der Waals surface area contributed by atoms with Crippen LogP contribution in [0.15, 0.2) is 42.5 Å². The summed E-state index contributed by atoms with van der Waals surface area (Å²) in [6, 6.07) is 9.65. The molecular weight excluding hydrogens is 342 g/mol. The van der Waals surface area contributed by atoms with Crippen LogP contribution in [0.5, 0.6) is 0 Å². The molecule has 0 aliphatic carbocycles. The number of hydrogen-bond donors (Lipinski definition) is 1. The predicted molar refractivity (Wildman–Crippen MR) is 87.4 cm³/mol. The second-order valence-corrected chi connectivity index (χ2v) is 5.86. The van der Waals surface area contributed by atoms with E-state index in [9.17, 15) is 14.0 Å². The Labute approximate surface area is 141 Å². The van der Waals surface area contributed by atoms with Gasteiger partial charge in [-0.25, -0.2) is 9.29 Å². The number of nitrogens with one attached hydrogen (secondary N) is 1. The summed E-state index contributed by atoms with van der Waals surface area (Å²) in [6.07, 6.45) is -0.0621. The van der Waals surface area contributed by atoms with Crippen molar-refractivity contribution in [1.29, 1.82) is 0 Å². The number of anilines is 2. The van der Waals surface area contributed by atoms with E-state index in [4.69, 9.17) is 23.2 Å². The topological polar surface area (TPSA) is 49.4 Å². The molecule has 1 unspecified atom stereocenters. The number of halogens is 3. The molecule has 0 radical (unpaired) electrons. The Morgan fingerprint density at radius 3 is 2.52 bits per heavy atom. The Balaban J connectivity index is 1.85. The Morgan fingerprint density at radius 2 is 1.83 bits per heavy atom. The van der Waals surface area contributed by atoms with E-state index in [1.807, 2.05) is 0 Å². The van der Waals surface area contributed by atoms with Crippen molar-refractivity contribution in [3.05, 3.63) is 58.3 Å². The highest BCUT2D eigenvalue weighted by molar-refractivity contribution is 6.42. The average Bonchev–Trinajstić information content (AvgIpc) is 2.79. The van der Waals surface area contributed by atoms with Crippen LogP contribution < -0.4 is 10.2 Å². The molecule has 1 aliphatic heterocycles. The molecule has 4 nitrogen and oxygen atoms in total. The number of rotatable bonds is 3. The fraction of sp³-hybridized carbons (Fsp3) is 0.125. The monoisotopic (exact) mass is 352 g/mol. The van der Waals surface area contributed by atoms with Gasteiger partial charge in [0.05, 0.1) is 27.8 Å². The van der Waals surface area contributed by atoms with Gasteiger partial charge in [-0.3, -0.25) is 9.59 Å². The van der Waals surface area contributed by atoms with Crippen molar-refractivity contribution in [3.63, 3.8) is 0 Å². The molecule has 7 heteroatoms. The van der Waals surface area contributed by atoms with Gasteiger partial charge < -0.3 is 5.32 Å². The SMILES string of the molecule is O=C1CC(Nc2ccccc2F)C(=O)N1c1ccc(Cl)c(Cl)c1. The number of para-hydroxylation sites is 1. The molecule has 1 saturated heterocycles. The quantitative estimate of drug-likeness (QED) is 0.852. The van der Waals surface area contributed by atoms with Crippen molar-refractivity contribution in [2.45, 2.75) is 12.5 Å². The Kier molecular flexibility index (Phi) is 4.24. The lowest BCUT2D eigenvalue weighted by molar-refractivity contribution is -0.121. The second kappa shape index (κ2) is 6.18. The molecule has 2 aromatic carbocycles. The minimum absolute atomic E-state index is 0.0621. The predicted octanol–water partition coefficient (Wildman–Crippen LogP) is 3.88. The molecule has 3 rings (SSSR count). The molecular formula is C16H11Cl2FN2O2. The van der Waals surface area contributed by atoms with Crippen LogP contribution >= 0.6 is 23.2 Å². The van der Waals surface area contributed by atoms with Gasteiger partial charge in [0.25, 0.3) is 5.91 Å². The Hall–Kier alpha value is -2.11. The molecule has 1 heterocycles. The number of imide groups is 1. The van der Waals surface area contributed by atoms with Crippen molar-refractivity contribution in [2.75, 3.05) is 10.2 Å². The minimum Gasteiger partial charge on any atom is -0.371 e. The van der Waals surface area contributed by atoms with E-state index < -0.39 is 17.8 Å². The smallest absolute Gasteiger partial charge is 0.256 e. The first-order chi connectivity index (χ1) is 11.0. The number of nitrogens with zero attached hydrogens (tertiary/aromatic N) is 1. The summed E-state index contributed by atoms with van der Waals surface area (Å²) in [4.78, 5) is 25.7. The maximum atomic E-state index is 13.7. The minimum atomic E-state index is -0.825. The first kappa shape index (κ1) is 15.8. The zero-order valence-corrected chi connectivity index (χ0v) is 13.2. The molecule has 2 amide bonds. The van der Waals surface area contributed by atoms with Gasteiger partial charge in [0, 0.05) is 0 Å². The van der Waals surface area contributed by atoms with Gasteiger partial charge in [-0.15, -0.1) is 0 Å². The van der Waals surface area contributed by atoms with Crippen LogP contribution in [0.1, 0.15) is 6.42 Å². The van der Waals surface area contributed by atoms with E-state index in [1.54, 1.807) is 12.1 Å². The highest BCUT2D eigenvalue weighted by Gasteiger charge is 2.40. The van der Waals surface area contributed by atoms with Crippen LogP contribution in [0, 0.1) is 5.82 Å². The van der Waals surface area contributed by atoms with E-state index >= 15 is 0 Å². The first-order valence-corrected chi connectivity index (χ1v) is 7.56. The maximum Gasteiger partial charge on any atom is 0.256 e. The lowest BCUT2D eigenvalue weighted by atomic mass is 10.2. The molecule has 23 heavy (non-hydrogen) atoms. The highest BCUT2D eigenvalue weighted by atomic mass is 35.5. The number of carbonyl (C=O) groups excluding carboxylic acids is 2. The van der Waals surface area contributed by atoms with Gasteiger partial charge in [-0.2, -0.15) is 0 Å². The maximum absolute atomic E-state index is 13.7. The summed E-state index contributed by atoms with van der Waals surface area (Å²) in [7, 11) is 0. The van der Waals surface area contributed by atoms with E-state index in [2.05, 4.69) is 5.32 Å². The molecule has 0 aromatic heterocycles. The molecule has 118 valence electrons. The van der Waals surface area contributed by atoms with Crippen molar-refractivity contribution in [2.24, 2.45) is 0 Å².